The van der Waals surface area contributed by atoms with Crippen LogP contribution in [0.3, 0.4) is 0 Å². The van der Waals surface area contributed by atoms with Gasteiger partial charge in [0.1, 0.15) is 5.82 Å². The van der Waals surface area contributed by atoms with Gasteiger partial charge in [-0.15, -0.1) is 0 Å². The van der Waals surface area contributed by atoms with Gasteiger partial charge in [0.15, 0.2) is 0 Å². The van der Waals surface area contributed by atoms with E-state index in [-0.39, 0.29) is 12.2 Å². The lowest BCUT2D eigenvalue weighted by Crippen LogP contribution is -2.26. The Hall–Kier alpha value is -1.36. The van der Waals surface area contributed by atoms with Crippen LogP contribution in [0.15, 0.2) is 17.2 Å². The first-order valence-corrected chi connectivity index (χ1v) is 5.18. The van der Waals surface area contributed by atoms with Crippen molar-refractivity contribution in [2.45, 2.75) is 19.8 Å². The lowest BCUT2D eigenvalue weighted by molar-refractivity contribution is 0.285. The van der Waals surface area contributed by atoms with E-state index in [9.17, 15) is 4.79 Å². The van der Waals surface area contributed by atoms with Crippen LogP contribution in [0.4, 0.5) is 5.82 Å². The van der Waals surface area contributed by atoms with Gasteiger partial charge in [0.2, 0.25) is 0 Å². The second-order valence-electron chi connectivity index (χ2n) is 3.28. The van der Waals surface area contributed by atoms with E-state index in [1.807, 2.05) is 11.8 Å². The molecule has 1 aromatic rings. The summed E-state index contributed by atoms with van der Waals surface area (Å²) in [5.74, 6) is 0.694. The number of hydrogen-bond acceptors (Lipinski definition) is 4. The average Bonchev–Trinajstić information content (AvgIpc) is 2.24. The van der Waals surface area contributed by atoms with Crippen molar-refractivity contribution in [3.8, 4) is 0 Å². The van der Waals surface area contributed by atoms with Crippen molar-refractivity contribution in [2.24, 2.45) is 0 Å². The van der Waals surface area contributed by atoms with Crippen LogP contribution in [0.1, 0.15) is 19.8 Å². The Balaban J connectivity index is 2.61. The molecule has 0 aromatic carbocycles. The van der Waals surface area contributed by atoms with Gasteiger partial charge in [0.05, 0.1) is 6.33 Å². The summed E-state index contributed by atoms with van der Waals surface area (Å²) in [6.45, 7) is 3.84. The van der Waals surface area contributed by atoms with Gasteiger partial charge >= 0.3 is 0 Å². The van der Waals surface area contributed by atoms with Crippen molar-refractivity contribution in [1.29, 1.82) is 0 Å². The molecule has 5 heteroatoms. The van der Waals surface area contributed by atoms with Gasteiger partial charge in [-0.05, 0) is 19.8 Å². The van der Waals surface area contributed by atoms with Crippen molar-refractivity contribution >= 4 is 5.82 Å². The lowest BCUT2D eigenvalue weighted by atomic mass is 10.3. The predicted octanol–water partition coefficient (Wildman–Crippen LogP) is 0.369. The van der Waals surface area contributed by atoms with Crippen LogP contribution in [0.5, 0.6) is 0 Å². The summed E-state index contributed by atoms with van der Waals surface area (Å²) in [5, 5.41) is 8.68. The summed E-state index contributed by atoms with van der Waals surface area (Å²) in [6.07, 6.45) is 3.09. The molecular weight excluding hydrogens is 194 g/mol. The number of unbranched alkanes of at least 4 members (excludes halogenated alkanes) is 1. The Morgan fingerprint density at radius 3 is 2.93 bits per heavy atom. The monoisotopic (exact) mass is 211 g/mol. The first-order chi connectivity index (χ1) is 7.27. The first-order valence-electron chi connectivity index (χ1n) is 5.18. The Morgan fingerprint density at radius 2 is 2.33 bits per heavy atom. The second-order valence-corrected chi connectivity index (χ2v) is 3.28. The number of aromatic amines is 1. The molecule has 1 aromatic heterocycles. The molecule has 0 aliphatic carbocycles. The van der Waals surface area contributed by atoms with E-state index in [1.54, 1.807) is 0 Å². The quantitative estimate of drug-likeness (QED) is 0.667. The first kappa shape index (κ1) is 11.7. The highest BCUT2D eigenvalue weighted by molar-refractivity contribution is 5.35. The highest BCUT2D eigenvalue weighted by atomic mass is 16.2. The van der Waals surface area contributed by atoms with Gasteiger partial charge in [-0.1, -0.05) is 0 Å². The molecule has 0 atom stereocenters. The van der Waals surface area contributed by atoms with Crippen LogP contribution >= 0.6 is 0 Å². The zero-order chi connectivity index (χ0) is 11.1. The highest BCUT2D eigenvalue weighted by Crippen LogP contribution is 2.06. The fourth-order valence-corrected chi connectivity index (χ4v) is 1.38. The molecule has 5 nitrogen and oxygen atoms in total. The molecule has 0 aliphatic rings. The minimum atomic E-state index is -0.138. The summed E-state index contributed by atoms with van der Waals surface area (Å²) < 4.78 is 0. The molecule has 0 aliphatic heterocycles. The minimum Gasteiger partial charge on any atom is -0.396 e. The van der Waals surface area contributed by atoms with Crippen molar-refractivity contribution in [3.63, 3.8) is 0 Å². The Kier molecular flexibility index (Phi) is 4.83. The number of aromatic nitrogens is 2. The summed E-state index contributed by atoms with van der Waals surface area (Å²) >= 11 is 0. The van der Waals surface area contributed by atoms with Gasteiger partial charge in [-0.2, -0.15) is 0 Å². The number of aliphatic hydroxyl groups is 1. The van der Waals surface area contributed by atoms with Crippen LogP contribution < -0.4 is 10.5 Å². The summed E-state index contributed by atoms with van der Waals surface area (Å²) in [6, 6.07) is 1.49. The van der Waals surface area contributed by atoms with Crippen LogP contribution in [0, 0.1) is 0 Å². The number of aliphatic hydroxyl groups excluding tert-OH is 1. The molecular formula is C10H17N3O2. The van der Waals surface area contributed by atoms with E-state index < -0.39 is 0 Å². The number of hydrogen-bond donors (Lipinski definition) is 2. The predicted molar refractivity (Wildman–Crippen MR) is 59.1 cm³/mol. The number of nitrogens with one attached hydrogen (secondary N) is 1. The van der Waals surface area contributed by atoms with Crippen LogP contribution in [0.25, 0.3) is 0 Å². The van der Waals surface area contributed by atoms with Crippen LogP contribution in [0.2, 0.25) is 0 Å². The summed E-state index contributed by atoms with van der Waals surface area (Å²) in [4.78, 5) is 19.7. The van der Waals surface area contributed by atoms with Gasteiger partial charge in [0.25, 0.3) is 5.56 Å². The third kappa shape index (κ3) is 3.71. The van der Waals surface area contributed by atoms with Crippen molar-refractivity contribution in [3.05, 3.63) is 22.7 Å². The smallest absolute Gasteiger partial charge is 0.252 e. The summed E-state index contributed by atoms with van der Waals surface area (Å²) in [5.41, 5.74) is -0.138. The molecule has 0 saturated heterocycles. The maximum atomic E-state index is 11.1. The molecule has 0 unspecified atom stereocenters. The van der Waals surface area contributed by atoms with E-state index in [4.69, 9.17) is 5.11 Å². The zero-order valence-corrected chi connectivity index (χ0v) is 8.94. The summed E-state index contributed by atoms with van der Waals surface area (Å²) in [7, 11) is 0. The van der Waals surface area contributed by atoms with Gasteiger partial charge < -0.3 is 15.0 Å². The highest BCUT2D eigenvalue weighted by Gasteiger charge is 2.05. The number of anilines is 1. The van der Waals surface area contributed by atoms with Crippen molar-refractivity contribution in [1.82, 2.24) is 9.97 Å². The third-order valence-corrected chi connectivity index (χ3v) is 2.21. The number of rotatable bonds is 6. The normalized spacial score (nSPS) is 10.3. The zero-order valence-electron chi connectivity index (χ0n) is 8.94. The molecule has 0 amide bonds. The van der Waals surface area contributed by atoms with Crippen molar-refractivity contribution in [2.75, 3.05) is 24.6 Å². The fraction of sp³-hybridized carbons (Fsp3) is 0.600. The van der Waals surface area contributed by atoms with Gasteiger partial charge in [-0.3, -0.25) is 4.79 Å². The number of H-pyrrole nitrogens is 1. The third-order valence-electron chi connectivity index (χ3n) is 2.21. The van der Waals surface area contributed by atoms with Crippen LogP contribution in [-0.4, -0.2) is 34.8 Å². The van der Waals surface area contributed by atoms with E-state index >= 15 is 0 Å². The average molecular weight is 211 g/mol. The van der Waals surface area contributed by atoms with E-state index in [0.717, 1.165) is 25.9 Å². The molecule has 0 spiro atoms. The molecule has 1 rings (SSSR count). The topological polar surface area (TPSA) is 69.2 Å². The molecule has 1 heterocycles. The van der Waals surface area contributed by atoms with Gasteiger partial charge in [-0.25, -0.2) is 4.98 Å². The second kappa shape index (κ2) is 6.19. The van der Waals surface area contributed by atoms with E-state index in [0.29, 0.717) is 5.82 Å². The Bertz CT molecular complexity index is 337. The molecule has 0 saturated carbocycles. The molecule has 2 N–H and O–H groups in total. The van der Waals surface area contributed by atoms with E-state index in [2.05, 4.69) is 9.97 Å². The SMILES string of the molecule is CCN(CCCCO)c1cc(=O)[nH]cn1. The maximum absolute atomic E-state index is 11.1. The molecule has 84 valence electrons. The molecule has 0 radical (unpaired) electrons. The molecule has 15 heavy (non-hydrogen) atoms. The van der Waals surface area contributed by atoms with Crippen LogP contribution in [-0.2, 0) is 0 Å². The fourth-order valence-electron chi connectivity index (χ4n) is 1.38. The Morgan fingerprint density at radius 1 is 1.53 bits per heavy atom. The molecule has 0 bridgehead atoms. The number of nitrogens with zero attached hydrogens (tertiary/aromatic N) is 2. The lowest BCUT2D eigenvalue weighted by Gasteiger charge is -2.20. The van der Waals surface area contributed by atoms with E-state index in [1.165, 1.54) is 12.4 Å². The Labute approximate surface area is 88.8 Å². The molecule has 0 fully saturated rings. The maximum Gasteiger partial charge on any atom is 0.252 e. The minimum absolute atomic E-state index is 0.138. The van der Waals surface area contributed by atoms with Crippen molar-refractivity contribution < 1.29 is 5.11 Å². The standard InChI is InChI=1S/C10H17N3O2/c1-2-13(5-3-4-6-14)9-7-10(15)12-8-11-9/h7-8,14H,2-6H2,1H3,(H,11,12,15). The van der Waals surface area contributed by atoms with Gasteiger partial charge in [0, 0.05) is 25.8 Å². The largest absolute Gasteiger partial charge is 0.396 e.